The molecule has 1 fully saturated rings. The van der Waals surface area contributed by atoms with Crippen LogP contribution in [0.2, 0.25) is 0 Å². The van der Waals surface area contributed by atoms with E-state index >= 15 is 0 Å². The van der Waals surface area contributed by atoms with Crippen molar-refractivity contribution in [3.05, 3.63) is 65.7 Å². The van der Waals surface area contributed by atoms with Crippen molar-refractivity contribution >= 4 is 53.1 Å². The van der Waals surface area contributed by atoms with Crippen LogP contribution < -0.4 is 26.6 Å². The maximum Gasteiger partial charge on any atom is 0.410 e. The van der Waals surface area contributed by atoms with Crippen molar-refractivity contribution in [1.82, 2.24) is 36.0 Å². The lowest BCUT2D eigenvalue weighted by molar-refractivity contribution is -0.146. The van der Waals surface area contributed by atoms with Crippen LogP contribution in [-0.2, 0) is 54.4 Å². The van der Waals surface area contributed by atoms with Gasteiger partial charge in [0.25, 0.3) is 0 Å². The molecule has 0 bridgehead atoms. The molecular weight excluding hydrogens is 953 g/mol. The lowest BCUT2D eigenvalue weighted by Crippen LogP contribution is -2.56. The van der Waals surface area contributed by atoms with Gasteiger partial charge in [0, 0.05) is 47.0 Å². The number of likely N-dealkylation sites (tertiary alicyclic amines) is 1. The Morgan fingerprint density at radius 3 is 1.96 bits per heavy atom. The highest BCUT2D eigenvalue weighted by Crippen LogP contribution is 2.30. The number of amides is 8. The first kappa shape index (κ1) is 62.2. The first-order chi connectivity index (χ1) is 35.0. The fourth-order valence-corrected chi connectivity index (χ4v) is 9.35. The second kappa shape index (κ2) is 30.3. The number of anilines is 1. The van der Waals surface area contributed by atoms with Crippen LogP contribution in [0.15, 0.2) is 54.6 Å². The first-order valence-electron chi connectivity index (χ1n) is 25.8. The fourth-order valence-electron chi connectivity index (χ4n) is 9.35. The average Bonchev–Trinajstić information content (AvgIpc) is 3.87. The van der Waals surface area contributed by atoms with E-state index in [0.717, 1.165) is 0 Å². The number of rotatable bonds is 28. The number of nitrogens with zero attached hydrogens (tertiary/aromatic N) is 3. The molecule has 1 aliphatic rings. The van der Waals surface area contributed by atoms with Gasteiger partial charge >= 0.3 is 6.09 Å². The van der Waals surface area contributed by atoms with E-state index in [4.69, 9.17) is 14.2 Å². The van der Waals surface area contributed by atoms with E-state index in [9.17, 15) is 43.5 Å². The smallest absolute Gasteiger partial charge is 0.410 e. The molecule has 0 spiro atoms. The SMILES string of the molecule is CCC(=O)NC(C(=O)NCC(=O)Nc1ccc(COC(=O)N(C)C(C(=O)NCC(=O)N(C)C([C@@H](C)CC)[C@@H](CC(=O)N2CCC[C@H]2[C@H](OC)[C@@H](C)C(=O)N[C@H](C)[C@@H](O)c2ccccc2)OC)C(C)C)cc1)C(C)C. The number of aliphatic hydroxyl groups excluding tert-OH is 1. The summed E-state index contributed by atoms with van der Waals surface area (Å²) in [6.45, 7) is 15.8. The van der Waals surface area contributed by atoms with Crippen LogP contribution in [-0.4, -0.2) is 158 Å². The summed E-state index contributed by atoms with van der Waals surface area (Å²) in [5.74, 6) is -4.10. The van der Waals surface area contributed by atoms with E-state index in [1.54, 1.807) is 96.8 Å². The van der Waals surface area contributed by atoms with Gasteiger partial charge in [0.2, 0.25) is 41.4 Å². The zero-order chi connectivity index (χ0) is 55.4. The number of carbonyl (C=O) groups excluding carboxylic acids is 8. The molecular formula is C54H84N8O12. The van der Waals surface area contributed by atoms with Crippen molar-refractivity contribution in [2.45, 2.75) is 150 Å². The summed E-state index contributed by atoms with van der Waals surface area (Å²) in [6.07, 6.45) is -0.934. The minimum absolute atomic E-state index is 0.0602. The molecule has 20 heteroatoms. The van der Waals surface area contributed by atoms with Gasteiger partial charge in [-0.2, -0.15) is 0 Å². The highest BCUT2D eigenvalue weighted by molar-refractivity contribution is 5.96. The van der Waals surface area contributed by atoms with Gasteiger partial charge < -0.3 is 55.7 Å². The van der Waals surface area contributed by atoms with Crippen molar-refractivity contribution in [2.75, 3.05) is 53.3 Å². The molecule has 1 aliphatic heterocycles. The number of hydrogen-bond donors (Lipinski definition) is 6. The minimum atomic E-state index is -1.01. The Bertz CT molecular complexity index is 2160. The van der Waals surface area contributed by atoms with Gasteiger partial charge in [0.15, 0.2) is 0 Å². The molecule has 0 aliphatic carbocycles. The topological polar surface area (TPSA) is 254 Å². The number of hydrogen-bond acceptors (Lipinski definition) is 12. The Kier molecular flexibility index (Phi) is 25.5. The number of aliphatic hydroxyl groups is 1. The molecule has 1 heterocycles. The van der Waals surface area contributed by atoms with Gasteiger partial charge in [-0.3, -0.25) is 38.5 Å². The van der Waals surface area contributed by atoms with E-state index in [0.29, 0.717) is 42.6 Å². The molecule has 8 amide bonds. The number of benzene rings is 2. The van der Waals surface area contributed by atoms with Crippen LogP contribution in [0, 0.1) is 23.7 Å². The molecule has 74 heavy (non-hydrogen) atoms. The third-order valence-electron chi connectivity index (χ3n) is 13.9. The fraction of sp³-hybridized carbons (Fsp3) is 0.630. The van der Waals surface area contributed by atoms with Gasteiger partial charge in [-0.15, -0.1) is 0 Å². The molecule has 1 saturated heterocycles. The van der Waals surface area contributed by atoms with Gasteiger partial charge in [0.1, 0.15) is 18.7 Å². The molecule has 6 N–H and O–H groups in total. The predicted molar refractivity (Wildman–Crippen MR) is 280 cm³/mol. The third-order valence-corrected chi connectivity index (χ3v) is 13.9. The predicted octanol–water partition coefficient (Wildman–Crippen LogP) is 4.16. The zero-order valence-electron chi connectivity index (χ0n) is 45.8. The number of carbonyl (C=O) groups is 8. The first-order valence-corrected chi connectivity index (χ1v) is 25.8. The van der Waals surface area contributed by atoms with Crippen LogP contribution in [0.1, 0.15) is 112 Å². The molecule has 0 aromatic heterocycles. The summed E-state index contributed by atoms with van der Waals surface area (Å²) >= 11 is 0. The summed E-state index contributed by atoms with van der Waals surface area (Å²) in [5, 5.41) is 24.4. The van der Waals surface area contributed by atoms with Crippen LogP contribution in [0.25, 0.3) is 0 Å². The number of nitrogens with one attached hydrogen (secondary N) is 5. The molecule has 0 saturated carbocycles. The molecule has 3 unspecified atom stereocenters. The highest BCUT2D eigenvalue weighted by atomic mass is 16.6. The minimum Gasteiger partial charge on any atom is -0.445 e. The number of ether oxygens (including phenoxy) is 3. The van der Waals surface area contributed by atoms with E-state index in [1.807, 2.05) is 32.0 Å². The van der Waals surface area contributed by atoms with Crippen LogP contribution >= 0.6 is 0 Å². The highest BCUT2D eigenvalue weighted by Gasteiger charge is 2.42. The molecule has 2 aromatic carbocycles. The monoisotopic (exact) mass is 1040 g/mol. The second-order valence-corrected chi connectivity index (χ2v) is 20.0. The molecule has 3 rings (SSSR count). The van der Waals surface area contributed by atoms with Gasteiger partial charge in [-0.05, 0) is 60.8 Å². The quantitative estimate of drug-likeness (QED) is 0.0703. The second-order valence-electron chi connectivity index (χ2n) is 20.0. The zero-order valence-corrected chi connectivity index (χ0v) is 45.8. The number of likely N-dealkylation sites (N-methyl/N-ethyl adjacent to an activating group) is 2. The third kappa shape index (κ3) is 17.8. The van der Waals surface area contributed by atoms with Crippen molar-refractivity contribution in [1.29, 1.82) is 0 Å². The van der Waals surface area contributed by atoms with E-state index in [2.05, 4.69) is 26.6 Å². The largest absolute Gasteiger partial charge is 0.445 e. The average molecular weight is 1040 g/mol. The van der Waals surface area contributed by atoms with Crippen LogP contribution in [0.3, 0.4) is 0 Å². The lowest BCUT2D eigenvalue weighted by atomic mass is 9.90. The van der Waals surface area contributed by atoms with Crippen LogP contribution in [0.4, 0.5) is 10.5 Å². The van der Waals surface area contributed by atoms with Crippen molar-refractivity contribution < 1.29 is 57.7 Å². The van der Waals surface area contributed by atoms with Crippen molar-refractivity contribution in [2.24, 2.45) is 23.7 Å². The van der Waals surface area contributed by atoms with Gasteiger partial charge in [-0.1, -0.05) is 104 Å². The molecule has 10 atom stereocenters. The van der Waals surface area contributed by atoms with Crippen molar-refractivity contribution in [3.8, 4) is 0 Å². The summed E-state index contributed by atoms with van der Waals surface area (Å²) < 4.78 is 17.4. The Hall–Kier alpha value is -6.12. The van der Waals surface area contributed by atoms with Crippen LogP contribution in [0.5, 0.6) is 0 Å². The maximum absolute atomic E-state index is 14.2. The molecule has 20 nitrogen and oxygen atoms in total. The lowest BCUT2D eigenvalue weighted by Gasteiger charge is -2.39. The Labute approximate surface area is 437 Å². The maximum atomic E-state index is 14.2. The summed E-state index contributed by atoms with van der Waals surface area (Å²) in [5.41, 5.74) is 1.71. The Morgan fingerprint density at radius 2 is 1.39 bits per heavy atom. The van der Waals surface area contributed by atoms with Gasteiger partial charge in [-0.25, -0.2) is 4.79 Å². The standard InChI is InChI=1S/C54H84N8O12/c1-14-34(7)48(41(72-12)28-44(65)62-27-19-22-40(62)50(73-13)35(8)51(68)57-36(9)49(67)38-20-17-16-18-21-38)60(10)45(66)30-56-53(70)47(33(5)6)61(11)54(71)74-31-37-23-25-39(26-24-37)58-43(64)29-55-52(69)46(32(3)4)59-42(63)15-2/h16-18,20-21,23-26,32-36,40-41,46-50,67H,14-15,19,22,27-31H2,1-13H3,(H,55,69)(H,56,70)(H,57,68)(H,58,64)(H,59,63)/t34-,35+,36+,40-,41+,46?,47?,48?,49+,50+/m0/s1. The molecule has 2 aromatic rings. The summed E-state index contributed by atoms with van der Waals surface area (Å²) in [4.78, 5) is 110. The van der Waals surface area contributed by atoms with Gasteiger partial charge in [0.05, 0.1) is 61.9 Å². The summed E-state index contributed by atoms with van der Waals surface area (Å²) in [7, 11) is 6.06. The summed E-state index contributed by atoms with van der Waals surface area (Å²) in [6, 6.07) is 12.2. The number of methoxy groups -OCH3 is 2. The Balaban J connectivity index is 1.58. The van der Waals surface area contributed by atoms with Crippen molar-refractivity contribution in [3.63, 3.8) is 0 Å². The van der Waals surface area contributed by atoms with E-state index in [-0.39, 0.29) is 61.5 Å². The normalized spacial score (nSPS) is 17.1. The Morgan fingerprint density at radius 1 is 0.757 bits per heavy atom. The molecule has 0 radical (unpaired) electrons. The molecule has 412 valence electrons. The van der Waals surface area contributed by atoms with E-state index in [1.165, 1.54) is 31.1 Å². The van der Waals surface area contributed by atoms with E-state index < -0.39 is 90.7 Å².